The van der Waals surface area contributed by atoms with E-state index in [1.54, 1.807) is 16.7 Å². The molecule has 3 aromatic rings. The molecule has 0 saturated carbocycles. The summed E-state index contributed by atoms with van der Waals surface area (Å²) in [5, 5.41) is 2.11. The lowest BCUT2D eigenvalue weighted by molar-refractivity contribution is 0.146. The molecular weight excluding hydrogens is 420 g/mol. The Morgan fingerprint density at radius 3 is 2.50 bits per heavy atom. The monoisotopic (exact) mass is 444 g/mol. The molecule has 2 aliphatic rings. The predicted molar refractivity (Wildman–Crippen MR) is 129 cm³/mol. The van der Waals surface area contributed by atoms with Gasteiger partial charge < -0.3 is 10.2 Å². The maximum Gasteiger partial charge on any atom is 0.414 e. The number of carbonyl (C=O) groups excluding carboxylic acids is 1. The first-order chi connectivity index (χ1) is 15.8. The zero-order valence-electron chi connectivity index (χ0n) is 17.7. The highest BCUT2D eigenvalue weighted by molar-refractivity contribution is 7.98. The fourth-order valence-corrected chi connectivity index (χ4v) is 4.55. The molecule has 2 N–H and O–H groups in total. The summed E-state index contributed by atoms with van der Waals surface area (Å²) in [4.78, 5) is 15.0. The van der Waals surface area contributed by atoms with Crippen molar-refractivity contribution in [3.05, 3.63) is 101 Å². The Morgan fingerprint density at radius 1 is 0.969 bits per heavy atom. The van der Waals surface area contributed by atoms with Crippen LogP contribution in [0.1, 0.15) is 22.3 Å². The van der Waals surface area contributed by atoms with Crippen LogP contribution in [0.15, 0.2) is 78.9 Å². The number of carbonyl (C=O) groups is 1. The lowest BCUT2D eigenvalue weighted by atomic mass is 9.96. The molecule has 0 radical (unpaired) electrons. The Hall–Kier alpha value is -3.42. The zero-order chi connectivity index (χ0) is 21.9. The molecule has 7 heteroatoms. The minimum atomic E-state index is -0.368. The van der Waals surface area contributed by atoms with Crippen molar-refractivity contribution in [2.24, 2.45) is 0 Å². The number of rotatable bonds is 4. The molecule has 0 saturated heterocycles. The van der Waals surface area contributed by atoms with Crippen LogP contribution in [0, 0.1) is 0 Å². The number of benzene rings is 3. The van der Waals surface area contributed by atoms with Crippen LogP contribution < -0.4 is 15.9 Å². The number of fused-ring (bicyclic) bond motifs is 4. The Kier molecular flexibility index (Phi) is 5.75. The summed E-state index contributed by atoms with van der Waals surface area (Å²) in [7, 11) is 0. The Balaban J connectivity index is 1.58. The summed E-state index contributed by atoms with van der Waals surface area (Å²) in [6.45, 7) is 0.653. The summed E-state index contributed by atoms with van der Waals surface area (Å²) < 4.78 is 5.73. The molecule has 0 aliphatic carbocycles. The van der Waals surface area contributed by atoms with Gasteiger partial charge in [-0.25, -0.2) is 4.79 Å². The van der Waals surface area contributed by atoms with Crippen molar-refractivity contribution in [2.75, 3.05) is 17.0 Å². The average Bonchev–Trinajstić information content (AvgIpc) is 3.24. The average molecular weight is 445 g/mol. The zero-order valence-corrected chi connectivity index (χ0v) is 18.6. The van der Waals surface area contributed by atoms with Crippen molar-refractivity contribution in [1.29, 1.82) is 0 Å². The van der Waals surface area contributed by atoms with Crippen molar-refractivity contribution < 1.29 is 9.53 Å². The summed E-state index contributed by atoms with van der Waals surface area (Å²) in [5.74, 6) is 0.783. The summed E-state index contributed by atoms with van der Waals surface area (Å²) in [6.07, 6.45) is 1.71. The lowest BCUT2D eigenvalue weighted by Gasteiger charge is -2.29. The molecule has 0 aromatic heterocycles. The molecule has 0 unspecified atom stereocenters. The minimum absolute atomic E-state index is 0.231. The second kappa shape index (κ2) is 8.98. The van der Waals surface area contributed by atoms with Gasteiger partial charge in [-0.05, 0) is 23.4 Å². The minimum Gasteiger partial charge on any atom is -0.444 e. The first-order valence-corrected chi connectivity index (χ1v) is 11.8. The van der Waals surface area contributed by atoms with E-state index in [4.69, 9.17) is 4.74 Å². The number of hydrogen-bond acceptors (Lipinski definition) is 6. The highest BCUT2D eigenvalue weighted by Crippen LogP contribution is 2.39. The number of para-hydroxylation sites is 1. The molecule has 32 heavy (non-hydrogen) atoms. The smallest absolute Gasteiger partial charge is 0.414 e. The van der Waals surface area contributed by atoms with Gasteiger partial charge in [0.15, 0.2) is 0 Å². The first-order valence-electron chi connectivity index (χ1n) is 10.4. The topological polar surface area (TPSA) is 56.8 Å². The van der Waals surface area contributed by atoms with Gasteiger partial charge in [-0.3, -0.25) is 9.91 Å². The third-order valence-electron chi connectivity index (χ3n) is 5.57. The van der Waals surface area contributed by atoms with Crippen LogP contribution in [0.25, 0.3) is 11.4 Å². The van der Waals surface area contributed by atoms with Gasteiger partial charge in [0, 0.05) is 11.1 Å². The van der Waals surface area contributed by atoms with E-state index in [-0.39, 0.29) is 12.7 Å². The van der Waals surface area contributed by atoms with Crippen LogP contribution in [0.5, 0.6) is 0 Å². The van der Waals surface area contributed by atoms with E-state index < -0.39 is 0 Å². The number of hydrazine groups is 2. The maximum absolute atomic E-state index is 13.3. The van der Waals surface area contributed by atoms with Crippen LogP contribution in [0.3, 0.4) is 0 Å². The van der Waals surface area contributed by atoms with Gasteiger partial charge in [0.2, 0.25) is 0 Å². The number of nitrogens with zero attached hydrogens (tertiary/aromatic N) is 2. The van der Waals surface area contributed by atoms with Gasteiger partial charge in [-0.15, -0.1) is 17.3 Å². The van der Waals surface area contributed by atoms with E-state index in [2.05, 4.69) is 34.4 Å². The highest BCUT2D eigenvalue weighted by atomic mass is 32.2. The standard InChI is InChI=1S/C25H24N4O2S/c1-32-17-29-24-20-12-6-5-11-19(20)15-28(25(30)31-16-18-9-3-2-4-10-18)22-14-8-7-13-21(22)23(24)26-27-29/h2-14,26-27H,15-17H2,1H3. The van der Waals surface area contributed by atoms with Crippen molar-refractivity contribution >= 4 is 34.9 Å². The number of thioether (sulfide) groups is 1. The van der Waals surface area contributed by atoms with Gasteiger partial charge in [-0.1, -0.05) is 72.8 Å². The van der Waals surface area contributed by atoms with Crippen LogP contribution >= 0.6 is 11.8 Å². The SMILES string of the molecule is CSCN1NNC2=C1c1ccccc1CN(C(=O)OCc1ccccc1)c1ccccc12. The van der Waals surface area contributed by atoms with Crippen LogP contribution in [0.2, 0.25) is 0 Å². The third kappa shape index (κ3) is 3.81. The van der Waals surface area contributed by atoms with Crippen molar-refractivity contribution in [2.45, 2.75) is 13.2 Å². The van der Waals surface area contributed by atoms with Crippen molar-refractivity contribution in [3.8, 4) is 0 Å². The quantitative estimate of drug-likeness (QED) is 0.602. The molecular formula is C25H24N4O2S. The summed E-state index contributed by atoms with van der Waals surface area (Å²) in [6, 6.07) is 25.9. The molecule has 2 aliphatic heterocycles. The predicted octanol–water partition coefficient (Wildman–Crippen LogP) is 4.81. The molecule has 162 valence electrons. The maximum atomic E-state index is 13.3. The molecule has 0 fully saturated rings. The largest absolute Gasteiger partial charge is 0.444 e. The molecule has 1 amide bonds. The van der Waals surface area contributed by atoms with Crippen molar-refractivity contribution in [3.63, 3.8) is 0 Å². The van der Waals surface area contributed by atoms with Crippen LogP contribution in [0.4, 0.5) is 10.5 Å². The molecule has 2 heterocycles. The van der Waals surface area contributed by atoms with Crippen molar-refractivity contribution in [1.82, 2.24) is 16.0 Å². The normalized spacial score (nSPS) is 14.7. The van der Waals surface area contributed by atoms with E-state index in [0.717, 1.165) is 45.2 Å². The van der Waals surface area contributed by atoms with E-state index in [1.165, 1.54) is 0 Å². The van der Waals surface area contributed by atoms with E-state index in [0.29, 0.717) is 6.54 Å². The Morgan fingerprint density at radius 2 is 1.69 bits per heavy atom. The van der Waals surface area contributed by atoms with Crippen LogP contribution in [-0.2, 0) is 17.9 Å². The van der Waals surface area contributed by atoms with E-state index in [1.807, 2.05) is 66.7 Å². The number of hydrogen-bond donors (Lipinski definition) is 2. The molecule has 0 spiro atoms. The molecule has 6 nitrogen and oxygen atoms in total. The van der Waals surface area contributed by atoms with Gasteiger partial charge in [0.05, 0.1) is 29.5 Å². The number of anilines is 1. The highest BCUT2D eigenvalue weighted by Gasteiger charge is 2.32. The molecule has 0 bridgehead atoms. The fraction of sp³-hybridized carbons (Fsp3) is 0.160. The van der Waals surface area contributed by atoms with Gasteiger partial charge in [0.25, 0.3) is 0 Å². The van der Waals surface area contributed by atoms with Gasteiger partial charge in [-0.2, -0.15) is 0 Å². The third-order valence-corrected chi connectivity index (χ3v) is 6.09. The van der Waals surface area contributed by atoms with Gasteiger partial charge >= 0.3 is 6.09 Å². The number of ether oxygens (including phenoxy) is 1. The van der Waals surface area contributed by atoms with Gasteiger partial charge in [0.1, 0.15) is 6.61 Å². The van der Waals surface area contributed by atoms with E-state index >= 15 is 0 Å². The molecule has 0 atom stereocenters. The summed E-state index contributed by atoms with van der Waals surface area (Å²) >= 11 is 1.74. The number of amides is 1. The Bertz CT molecular complexity index is 1170. The van der Waals surface area contributed by atoms with Crippen LogP contribution in [-0.4, -0.2) is 23.2 Å². The fourth-order valence-electron chi connectivity index (χ4n) is 4.10. The molecule has 5 rings (SSSR count). The Labute approximate surface area is 191 Å². The molecule has 3 aromatic carbocycles. The first kappa shape index (κ1) is 20.5. The van der Waals surface area contributed by atoms with E-state index in [9.17, 15) is 4.79 Å². The lowest BCUT2D eigenvalue weighted by Crippen LogP contribution is -2.37. The summed E-state index contributed by atoms with van der Waals surface area (Å²) in [5.41, 5.74) is 13.5. The number of nitrogens with one attached hydrogen (secondary N) is 2. The second-order valence-electron chi connectivity index (χ2n) is 7.61. The second-order valence-corrected chi connectivity index (χ2v) is 8.44.